The number of pyridine rings is 1. The molecule has 35 heavy (non-hydrogen) atoms. The molecule has 1 aromatic heterocycles. The summed E-state index contributed by atoms with van der Waals surface area (Å²) >= 11 is 9.30. The topological polar surface area (TPSA) is 73.3 Å². The molecule has 0 radical (unpaired) electrons. The summed E-state index contributed by atoms with van der Waals surface area (Å²) in [4.78, 5) is 29.0. The molecule has 0 N–H and O–H groups in total. The standard InChI is InChI=1S/C26H27ClN2O3S2.Na/c1-29(2)24(30)12-14-33-26(34-15-13-25(31)32)20-5-3-4-18(16-20)6-10-22-11-8-19-7-9-21(27)17-23(19)28-22;/h3-11,16-17,26H,12-15H2,1-2H3,(H,31,32);/q;+1/p-1/b10-6+;/t26-;/m0./s1. The van der Waals surface area contributed by atoms with E-state index < -0.39 is 5.97 Å². The maximum absolute atomic E-state index is 11.9. The SMILES string of the molecule is CN(C)C(=O)CCS[C@@H](SCCC(=O)[O-])c1cccc(/C=C/c2ccc3ccc(Cl)cc3n2)c1.[Na+]. The molecule has 0 saturated carbocycles. The minimum absolute atomic E-state index is 0. The molecule has 0 saturated heterocycles. The van der Waals surface area contributed by atoms with Gasteiger partial charge in [-0.1, -0.05) is 48.0 Å². The number of rotatable bonds is 11. The maximum atomic E-state index is 11.9. The second-order valence-corrected chi connectivity index (χ2v) is 11.0. The van der Waals surface area contributed by atoms with Crippen LogP contribution in [0.15, 0.2) is 54.6 Å². The van der Waals surface area contributed by atoms with Gasteiger partial charge in [0.2, 0.25) is 5.91 Å². The minimum Gasteiger partial charge on any atom is -0.550 e. The maximum Gasteiger partial charge on any atom is 1.00 e. The van der Waals surface area contributed by atoms with Crippen LogP contribution in [0.5, 0.6) is 0 Å². The van der Waals surface area contributed by atoms with Gasteiger partial charge in [0, 0.05) is 42.6 Å². The van der Waals surface area contributed by atoms with Crippen LogP contribution in [0.4, 0.5) is 0 Å². The number of fused-ring (bicyclic) bond motifs is 1. The largest absolute Gasteiger partial charge is 1.00 e. The van der Waals surface area contributed by atoms with Gasteiger partial charge in [0.15, 0.2) is 0 Å². The Labute approximate surface area is 242 Å². The van der Waals surface area contributed by atoms with Crippen molar-refractivity contribution in [2.45, 2.75) is 17.4 Å². The number of amides is 1. The van der Waals surface area contributed by atoms with E-state index in [1.807, 2.05) is 60.7 Å². The summed E-state index contributed by atoms with van der Waals surface area (Å²) in [5.41, 5.74) is 3.76. The molecule has 0 aliphatic rings. The first-order valence-corrected chi connectivity index (χ1v) is 13.3. The molecule has 3 aromatic rings. The Morgan fingerprint density at radius 2 is 1.74 bits per heavy atom. The summed E-state index contributed by atoms with van der Waals surface area (Å²) in [6, 6.07) is 17.8. The quantitative estimate of drug-likeness (QED) is 0.276. The second-order valence-electron chi connectivity index (χ2n) is 7.81. The van der Waals surface area contributed by atoms with Crippen LogP contribution in [0.1, 0.15) is 34.2 Å². The van der Waals surface area contributed by atoms with Crippen LogP contribution in [0.3, 0.4) is 0 Å². The van der Waals surface area contributed by atoms with Gasteiger partial charge >= 0.3 is 29.6 Å². The fourth-order valence-electron chi connectivity index (χ4n) is 3.16. The molecule has 1 amide bonds. The molecule has 178 valence electrons. The molecular weight excluding hydrogens is 511 g/mol. The number of carboxylic acid groups (broad SMARTS) is 1. The summed E-state index contributed by atoms with van der Waals surface area (Å²) in [6.07, 6.45) is 4.40. The molecule has 1 atom stereocenters. The molecule has 0 bridgehead atoms. The van der Waals surface area contributed by atoms with E-state index in [9.17, 15) is 14.7 Å². The van der Waals surface area contributed by atoms with Crippen LogP contribution < -0.4 is 34.7 Å². The van der Waals surface area contributed by atoms with Crippen molar-refractivity contribution in [3.8, 4) is 0 Å². The Morgan fingerprint density at radius 3 is 2.46 bits per heavy atom. The normalized spacial score (nSPS) is 11.9. The average Bonchev–Trinajstić information content (AvgIpc) is 2.81. The number of carbonyl (C=O) groups is 2. The third-order valence-electron chi connectivity index (χ3n) is 4.96. The Balaban J connectivity index is 0.00000432. The predicted octanol–water partition coefficient (Wildman–Crippen LogP) is 2.15. The van der Waals surface area contributed by atoms with Crippen molar-refractivity contribution in [2.75, 3.05) is 25.6 Å². The molecule has 3 rings (SSSR count). The van der Waals surface area contributed by atoms with Crippen LogP contribution in [-0.4, -0.2) is 47.4 Å². The third-order valence-corrected chi connectivity index (χ3v) is 8.05. The number of aromatic nitrogens is 1. The summed E-state index contributed by atoms with van der Waals surface area (Å²) in [6.45, 7) is 0. The van der Waals surface area contributed by atoms with Gasteiger partial charge in [-0.05, 0) is 53.6 Å². The van der Waals surface area contributed by atoms with Crippen LogP contribution in [-0.2, 0) is 9.59 Å². The Morgan fingerprint density at radius 1 is 1.03 bits per heavy atom. The van der Waals surface area contributed by atoms with Crippen LogP contribution in [0.25, 0.3) is 23.1 Å². The van der Waals surface area contributed by atoms with Crippen molar-refractivity contribution in [3.05, 3.63) is 76.4 Å². The first-order valence-electron chi connectivity index (χ1n) is 10.8. The van der Waals surface area contributed by atoms with Gasteiger partial charge in [0.05, 0.1) is 15.8 Å². The first kappa shape index (κ1) is 29.7. The van der Waals surface area contributed by atoms with Crippen molar-refractivity contribution >= 4 is 70.1 Å². The van der Waals surface area contributed by atoms with E-state index in [0.717, 1.165) is 27.7 Å². The Kier molecular flexibility index (Phi) is 12.7. The summed E-state index contributed by atoms with van der Waals surface area (Å²) in [7, 11) is 3.49. The van der Waals surface area contributed by atoms with Gasteiger partial charge < -0.3 is 14.8 Å². The molecule has 0 unspecified atom stereocenters. The molecule has 0 spiro atoms. The van der Waals surface area contributed by atoms with Crippen LogP contribution in [0, 0.1) is 0 Å². The Hall–Kier alpha value is -1.48. The van der Waals surface area contributed by atoms with Crippen molar-refractivity contribution in [1.82, 2.24) is 9.88 Å². The smallest absolute Gasteiger partial charge is 0.550 e. The van der Waals surface area contributed by atoms with Crippen molar-refractivity contribution < 1.29 is 44.3 Å². The van der Waals surface area contributed by atoms with E-state index in [0.29, 0.717) is 22.9 Å². The Bertz CT molecular complexity index is 1190. The molecule has 1 heterocycles. The molecule has 0 aliphatic carbocycles. The van der Waals surface area contributed by atoms with E-state index in [2.05, 4.69) is 11.1 Å². The predicted molar refractivity (Wildman–Crippen MR) is 143 cm³/mol. The molecule has 5 nitrogen and oxygen atoms in total. The van der Waals surface area contributed by atoms with E-state index in [-0.39, 0.29) is 46.5 Å². The fourth-order valence-corrected chi connectivity index (χ4v) is 5.97. The van der Waals surface area contributed by atoms with Crippen molar-refractivity contribution in [2.24, 2.45) is 0 Å². The van der Waals surface area contributed by atoms with E-state index in [1.165, 1.54) is 0 Å². The summed E-state index contributed by atoms with van der Waals surface area (Å²) in [5.74, 6) is 0.126. The molecular formula is C26H26ClN2NaO3S2. The van der Waals surface area contributed by atoms with Crippen LogP contribution >= 0.6 is 35.1 Å². The number of hydrogen-bond acceptors (Lipinski definition) is 6. The van der Waals surface area contributed by atoms with E-state index >= 15 is 0 Å². The number of thioether (sulfide) groups is 2. The zero-order valence-corrected chi connectivity index (χ0v) is 24.5. The number of hydrogen-bond donors (Lipinski definition) is 0. The number of halogens is 1. The van der Waals surface area contributed by atoms with Gasteiger partial charge in [0.1, 0.15) is 0 Å². The number of carbonyl (C=O) groups excluding carboxylic acids is 2. The average molecular weight is 537 g/mol. The molecule has 2 aromatic carbocycles. The fraction of sp³-hybridized carbons (Fsp3) is 0.269. The summed E-state index contributed by atoms with van der Waals surface area (Å²) in [5, 5.41) is 12.6. The monoisotopic (exact) mass is 536 g/mol. The van der Waals surface area contributed by atoms with E-state index in [4.69, 9.17) is 11.6 Å². The first-order chi connectivity index (χ1) is 16.3. The summed E-state index contributed by atoms with van der Waals surface area (Å²) < 4.78 is 0.0172. The van der Waals surface area contributed by atoms with Crippen molar-refractivity contribution in [1.29, 1.82) is 0 Å². The number of carboxylic acids is 1. The molecule has 0 fully saturated rings. The van der Waals surface area contributed by atoms with Crippen LogP contribution in [0.2, 0.25) is 5.02 Å². The van der Waals surface area contributed by atoms with Crippen molar-refractivity contribution in [3.63, 3.8) is 0 Å². The third kappa shape index (κ3) is 9.83. The minimum atomic E-state index is -1.06. The number of nitrogens with zero attached hydrogens (tertiary/aromatic N) is 2. The number of benzene rings is 2. The zero-order chi connectivity index (χ0) is 24.5. The van der Waals surface area contributed by atoms with Gasteiger partial charge in [-0.2, -0.15) is 0 Å². The van der Waals surface area contributed by atoms with Gasteiger partial charge in [-0.15, -0.1) is 23.5 Å². The van der Waals surface area contributed by atoms with E-state index in [1.54, 1.807) is 42.5 Å². The van der Waals surface area contributed by atoms with Gasteiger partial charge in [0.25, 0.3) is 0 Å². The van der Waals surface area contributed by atoms with Gasteiger partial charge in [-0.3, -0.25) is 4.79 Å². The number of aliphatic carboxylic acids is 1. The van der Waals surface area contributed by atoms with Gasteiger partial charge in [-0.25, -0.2) is 4.98 Å². The second kappa shape index (κ2) is 14.9. The molecule has 0 aliphatic heterocycles. The zero-order valence-electron chi connectivity index (χ0n) is 20.1. The molecule has 9 heteroatoms.